The molecule has 0 bridgehead atoms. The van der Waals surface area contributed by atoms with Crippen LogP contribution in [0.4, 0.5) is 0 Å². The lowest BCUT2D eigenvalue weighted by molar-refractivity contribution is 0.124. The van der Waals surface area contributed by atoms with Crippen LogP contribution in [-0.4, -0.2) is 23.0 Å². The van der Waals surface area contributed by atoms with Gasteiger partial charge in [0.15, 0.2) is 0 Å². The highest BCUT2D eigenvalue weighted by Crippen LogP contribution is 2.01. The fourth-order valence-electron chi connectivity index (χ4n) is 1.00. The summed E-state index contributed by atoms with van der Waals surface area (Å²) in [5, 5.41) is 4.14. The maximum atomic E-state index is 5.64. The third kappa shape index (κ3) is 3.79. The Kier molecular flexibility index (Phi) is 4.86. The van der Waals surface area contributed by atoms with Gasteiger partial charge in [-0.15, -0.1) is 11.6 Å². The van der Waals surface area contributed by atoms with Gasteiger partial charge in [-0.05, 0) is 6.42 Å². The van der Waals surface area contributed by atoms with E-state index in [-0.39, 0.29) is 0 Å². The van der Waals surface area contributed by atoms with Crippen LogP contribution in [0.3, 0.4) is 0 Å². The van der Waals surface area contributed by atoms with Crippen molar-refractivity contribution in [3.8, 4) is 0 Å². The van der Waals surface area contributed by atoms with Gasteiger partial charge in [0.2, 0.25) is 0 Å². The largest absolute Gasteiger partial charge is 0.380 e. The van der Waals surface area contributed by atoms with Gasteiger partial charge in [0.1, 0.15) is 0 Å². The zero-order chi connectivity index (χ0) is 9.52. The fourth-order valence-corrected chi connectivity index (χ4v) is 1.14. The normalized spacial score (nSPS) is 10.6. The van der Waals surface area contributed by atoms with E-state index in [2.05, 4.69) is 12.0 Å². The highest BCUT2D eigenvalue weighted by molar-refractivity contribution is 6.17. The molecule has 0 N–H and O–H groups in total. The van der Waals surface area contributed by atoms with Gasteiger partial charge in [-0.2, -0.15) is 5.10 Å². The van der Waals surface area contributed by atoms with E-state index in [4.69, 9.17) is 16.3 Å². The van der Waals surface area contributed by atoms with Crippen LogP contribution in [0.15, 0.2) is 12.4 Å². The minimum atomic E-state index is 0.524. The molecule has 3 nitrogen and oxygen atoms in total. The van der Waals surface area contributed by atoms with Gasteiger partial charge in [-0.1, -0.05) is 6.92 Å². The quantitative estimate of drug-likeness (QED) is 0.522. The van der Waals surface area contributed by atoms with Gasteiger partial charge in [0, 0.05) is 18.4 Å². The summed E-state index contributed by atoms with van der Waals surface area (Å²) in [6.45, 7) is 4.44. The molecule has 0 aliphatic rings. The summed E-state index contributed by atoms with van der Waals surface area (Å²) < 4.78 is 7.19. The van der Waals surface area contributed by atoms with Crippen LogP contribution in [0.1, 0.15) is 18.9 Å². The second-order valence-corrected chi connectivity index (χ2v) is 3.12. The SMILES string of the molecule is CCCOCCn1cc(CCl)cn1. The van der Waals surface area contributed by atoms with E-state index < -0.39 is 0 Å². The summed E-state index contributed by atoms with van der Waals surface area (Å²) in [5.74, 6) is 0.524. The molecule has 0 amide bonds. The van der Waals surface area contributed by atoms with Gasteiger partial charge in [0.05, 0.1) is 25.2 Å². The first-order valence-corrected chi connectivity index (χ1v) is 5.05. The summed E-state index contributed by atoms with van der Waals surface area (Å²) in [6, 6.07) is 0. The Hall–Kier alpha value is -0.540. The molecular weight excluding hydrogens is 188 g/mol. The van der Waals surface area contributed by atoms with E-state index in [1.807, 2.05) is 10.9 Å². The Balaban J connectivity index is 2.20. The number of hydrogen-bond acceptors (Lipinski definition) is 2. The van der Waals surface area contributed by atoms with Crippen molar-refractivity contribution in [2.24, 2.45) is 0 Å². The van der Waals surface area contributed by atoms with Crippen molar-refractivity contribution in [2.75, 3.05) is 13.2 Å². The smallest absolute Gasteiger partial charge is 0.0662 e. The van der Waals surface area contributed by atoms with E-state index in [1.165, 1.54) is 0 Å². The van der Waals surface area contributed by atoms with E-state index in [9.17, 15) is 0 Å². The van der Waals surface area contributed by atoms with E-state index in [0.717, 1.165) is 31.7 Å². The number of alkyl halides is 1. The van der Waals surface area contributed by atoms with Crippen molar-refractivity contribution in [3.63, 3.8) is 0 Å². The first-order valence-electron chi connectivity index (χ1n) is 4.52. The van der Waals surface area contributed by atoms with Crippen LogP contribution in [0, 0.1) is 0 Å². The van der Waals surface area contributed by atoms with Gasteiger partial charge in [-0.3, -0.25) is 4.68 Å². The molecule has 74 valence electrons. The van der Waals surface area contributed by atoms with E-state index in [1.54, 1.807) is 6.20 Å². The second-order valence-electron chi connectivity index (χ2n) is 2.86. The predicted molar refractivity (Wildman–Crippen MR) is 52.9 cm³/mol. The zero-order valence-electron chi connectivity index (χ0n) is 7.87. The van der Waals surface area contributed by atoms with E-state index >= 15 is 0 Å². The lowest BCUT2D eigenvalue weighted by Gasteiger charge is -2.01. The first kappa shape index (κ1) is 10.5. The van der Waals surface area contributed by atoms with Crippen LogP contribution in [-0.2, 0) is 17.2 Å². The number of halogens is 1. The van der Waals surface area contributed by atoms with Crippen LogP contribution in [0.5, 0.6) is 0 Å². The Morgan fingerprint density at radius 2 is 2.38 bits per heavy atom. The maximum absolute atomic E-state index is 5.64. The van der Waals surface area contributed by atoms with Crippen molar-refractivity contribution in [3.05, 3.63) is 18.0 Å². The minimum Gasteiger partial charge on any atom is -0.380 e. The molecule has 4 heteroatoms. The lowest BCUT2D eigenvalue weighted by atomic mass is 10.4. The number of rotatable bonds is 6. The molecule has 0 unspecified atom stereocenters. The van der Waals surface area contributed by atoms with Crippen LogP contribution in [0.2, 0.25) is 0 Å². The Labute approximate surface area is 83.6 Å². The molecule has 0 spiro atoms. The minimum absolute atomic E-state index is 0.524. The molecule has 1 aromatic heterocycles. The molecule has 0 radical (unpaired) electrons. The molecule has 0 fully saturated rings. The second kappa shape index (κ2) is 6.00. The fraction of sp³-hybridized carbons (Fsp3) is 0.667. The maximum Gasteiger partial charge on any atom is 0.0662 e. The molecule has 1 rings (SSSR count). The molecule has 0 saturated heterocycles. The third-order valence-electron chi connectivity index (χ3n) is 1.65. The molecular formula is C9H15ClN2O. The van der Waals surface area contributed by atoms with Crippen LogP contribution >= 0.6 is 11.6 Å². The predicted octanol–water partition coefficient (Wildman–Crippen LogP) is 2.05. The topological polar surface area (TPSA) is 27.1 Å². The van der Waals surface area contributed by atoms with Crippen molar-refractivity contribution in [2.45, 2.75) is 25.8 Å². The number of ether oxygens (including phenoxy) is 1. The molecule has 0 atom stereocenters. The molecule has 0 aliphatic carbocycles. The van der Waals surface area contributed by atoms with Crippen molar-refractivity contribution >= 4 is 11.6 Å². The first-order chi connectivity index (χ1) is 6.36. The number of aromatic nitrogens is 2. The highest BCUT2D eigenvalue weighted by atomic mass is 35.5. The average Bonchev–Trinajstić information content (AvgIpc) is 2.60. The van der Waals surface area contributed by atoms with Crippen molar-refractivity contribution in [1.29, 1.82) is 0 Å². The summed E-state index contributed by atoms with van der Waals surface area (Å²) in [5.41, 5.74) is 1.05. The Bertz CT molecular complexity index is 237. The van der Waals surface area contributed by atoms with Gasteiger partial charge >= 0.3 is 0 Å². The summed E-state index contributed by atoms with van der Waals surface area (Å²) in [6.07, 6.45) is 4.79. The molecule has 0 aromatic carbocycles. The lowest BCUT2D eigenvalue weighted by Crippen LogP contribution is -2.06. The molecule has 0 saturated carbocycles. The molecule has 0 aliphatic heterocycles. The monoisotopic (exact) mass is 202 g/mol. The molecule has 1 heterocycles. The standard InChI is InChI=1S/C9H15ClN2O/c1-2-4-13-5-3-12-8-9(6-10)7-11-12/h7-8H,2-6H2,1H3. The van der Waals surface area contributed by atoms with Crippen LogP contribution < -0.4 is 0 Å². The Morgan fingerprint density at radius 1 is 1.54 bits per heavy atom. The number of hydrogen-bond donors (Lipinski definition) is 0. The van der Waals surface area contributed by atoms with Crippen LogP contribution in [0.25, 0.3) is 0 Å². The van der Waals surface area contributed by atoms with Gasteiger partial charge < -0.3 is 4.74 Å². The molecule has 1 aromatic rings. The zero-order valence-corrected chi connectivity index (χ0v) is 8.63. The number of nitrogens with zero attached hydrogens (tertiary/aromatic N) is 2. The summed E-state index contributed by atoms with van der Waals surface area (Å²) >= 11 is 5.64. The summed E-state index contributed by atoms with van der Waals surface area (Å²) in [4.78, 5) is 0. The molecule has 13 heavy (non-hydrogen) atoms. The van der Waals surface area contributed by atoms with E-state index in [0.29, 0.717) is 5.88 Å². The van der Waals surface area contributed by atoms with Gasteiger partial charge in [-0.25, -0.2) is 0 Å². The highest BCUT2D eigenvalue weighted by Gasteiger charge is 1.96. The third-order valence-corrected chi connectivity index (χ3v) is 1.96. The Morgan fingerprint density at radius 3 is 3.00 bits per heavy atom. The van der Waals surface area contributed by atoms with Crippen molar-refractivity contribution < 1.29 is 4.74 Å². The average molecular weight is 203 g/mol. The van der Waals surface area contributed by atoms with Gasteiger partial charge in [0.25, 0.3) is 0 Å². The summed E-state index contributed by atoms with van der Waals surface area (Å²) in [7, 11) is 0. The van der Waals surface area contributed by atoms with Crippen molar-refractivity contribution in [1.82, 2.24) is 9.78 Å².